The van der Waals surface area contributed by atoms with Crippen molar-refractivity contribution in [3.63, 3.8) is 0 Å². The second kappa shape index (κ2) is 7.00. The Balaban J connectivity index is 0.000000686. The predicted molar refractivity (Wildman–Crippen MR) is 71.1 cm³/mol. The third-order valence-corrected chi connectivity index (χ3v) is 2.35. The van der Waals surface area contributed by atoms with Crippen molar-refractivity contribution in [2.75, 3.05) is 0 Å². The number of aromatic nitrogens is 2. The summed E-state index contributed by atoms with van der Waals surface area (Å²) in [4.78, 5) is 15.0. The molecule has 0 saturated carbocycles. The van der Waals surface area contributed by atoms with Crippen LogP contribution in [0, 0.1) is 0 Å². The van der Waals surface area contributed by atoms with E-state index in [4.69, 9.17) is 17.3 Å². The fraction of sp³-hybridized carbons (Fsp3) is 0. The molecule has 2 rings (SSSR count). The molecule has 1 aromatic heterocycles. The molecule has 0 radical (unpaired) electrons. The number of nitrogens with two attached hydrogens (primary N) is 1. The van der Waals surface area contributed by atoms with Gasteiger partial charge in [0.05, 0.1) is 16.9 Å². The minimum atomic E-state index is -0.540. The van der Waals surface area contributed by atoms with Gasteiger partial charge in [-0.15, -0.1) is 0 Å². The fourth-order valence-corrected chi connectivity index (χ4v) is 1.49. The van der Waals surface area contributed by atoms with Crippen LogP contribution in [0.2, 0.25) is 5.02 Å². The fourth-order valence-electron chi connectivity index (χ4n) is 1.27. The Kier molecular flexibility index (Phi) is 5.97. The number of carbonyl (C=O) groups is 1. The summed E-state index contributed by atoms with van der Waals surface area (Å²) in [6.07, 6.45) is 5.06. The minimum absolute atomic E-state index is 0.308. The van der Waals surface area contributed by atoms with E-state index in [2.05, 4.69) is 17.7 Å². The van der Waals surface area contributed by atoms with Gasteiger partial charge in [-0.2, -0.15) is 0 Å². The summed E-state index contributed by atoms with van der Waals surface area (Å²) < 4.78 is 1.77. The average molecular weight is 412 g/mol. The average Bonchev–Trinajstić information content (AvgIpc) is 2.85. The van der Waals surface area contributed by atoms with Crippen LogP contribution in [0.15, 0.2) is 36.9 Å². The standard InChI is InChI=1S/C10H8ClN3O.Cu.HI/c11-9-2-1-7(5-8(9)10(12)15)14-4-3-13-6-14;;/h1-6H,(H2,12,15);;1H/q;+1;/p-1. The Morgan fingerprint density at radius 3 is 2.71 bits per heavy atom. The molecule has 1 amide bonds. The number of hydrogen-bond donors (Lipinski definition) is 1. The van der Waals surface area contributed by atoms with E-state index in [1.165, 1.54) is 0 Å². The first kappa shape index (κ1) is 14.5. The molecule has 2 aromatic rings. The molecule has 1 heterocycles. The number of hydrogen-bond acceptors (Lipinski definition) is 2. The number of carbonyl (C=O) groups excluding carboxylic acids is 1. The van der Waals surface area contributed by atoms with Crippen LogP contribution in [0.3, 0.4) is 0 Å². The summed E-state index contributed by atoms with van der Waals surface area (Å²) >= 11 is 11.7. The van der Waals surface area contributed by atoms with Crippen LogP contribution in [-0.4, -0.2) is 15.5 Å². The molecule has 7 heteroatoms. The summed E-state index contributed by atoms with van der Waals surface area (Å²) in [6, 6.07) is 5.06. The van der Waals surface area contributed by atoms with Crippen molar-refractivity contribution in [3.8, 4) is 5.69 Å². The number of primary amides is 1. The number of imidazole rings is 1. The zero-order valence-electron chi connectivity index (χ0n) is 8.40. The number of benzene rings is 1. The second-order valence-electron chi connectivity index (χ2n) is 3.00. The summed E-state index contributed by atoms with van der Waals surface area (Å²) in [5.74, 6) is -0.540. The van der Waals surface area contributed by atoms with Crippen molar-refractivity contribution in [2.45, 2.75) is 0 Å². The van der Waals surface area contributed by atoms with E-state index in [0.717, 1.165) is 5.69 Å². The molecule has 0 fully saturated rings. The van der Waals surface area contributed by atoms with Crippen LogP contribution in [0.1, 0.15) is 10.4 Å². The molecule has 0 unspecified atom stereocenters. The zero-order chi connectivity index (χ0) is 12.8. The summed E-state index contributed by atoms with van der Waals surface area (Å²) in [5.41, 5.74) is 6.29. The van der Waals surface area contributed by atoms with Crippen LogP contribution >= 0.6 is 31.9 Å². The molecular weight excluding hydrogens is 404 g/mol. The Morgan fingerprint density at radius 2 is 2.18 bits per heavy atom. The summed E-state index contributed by atoms with van der Waals surface area (Å²) in [6.45, 7) is 0. The molecule has 94 valence electrons. The third-order valence-electron chi connectivity index (χ3n) is 2.02. The Morgan fingerprint density at radius 1 is 1.47 bits per heavy atom. The summed E-state index contributed by atoms with van der Waals surface area (Å²) in [7, 11) is 0. The molecule has 0 aliphatic carbocycles. The molecule has 0 spiro atoms. The van der Waals surface area contributed by atoms with Crippen molar-refractivity contribution < 1.29 is 17.6 Å². The molecule has 2 N–H and O–H groups in total. The van der Waals surface area contributed by atoms with Crippen LogP contribution in [0.4, 0.5) is 0 Å². The van der Waals surface area contributed by atoms with E-state index in [1.807, 2.05) is 0 Å². The summed E-state index contributed by atoms with van der Waals surface area (Å²) in [5, 5.41) is 0.353. The SMILES string of the molecule is NC(=O)c1cc(-n2ccnc2)ccc1Cl.[Cu][I]. The van der Waals surface area contributed by atoms with Crippen LogP contribution in [-0.2, 0) is 12.8 Å². The number of rotatable bonds is 2. The molecule has 0 saturated heterocycles. The van der Waals surface area contributed by atoms with Crippen molar-refractivity contribution in [1.82, 2.24) is 9.55 Å². The maximum atomic E-state index is 11.1. The number of halogens is 2. The topological polar surface area (TPSA) is 60.9 Å². The van der Waals surface area contributed by atoms with Crippen molar-refractivity contribution in [3.05, 3.63) is 47.5 Å². The van der Waals surface area contributed by atoms with E-state index in [-0.39, 0.29) is 0 Å². The van der Waals surface area contributed by atoms with Gasteiger partial charge in [-0.05, 0) is 18.2 Å². The second-order valence-corrected chi connectivity index (χ2v) is 3.41. The Hall–Kier alpha value is -0.561. The molecule has 17 heavy (non-hydrogen) atoms. The van der Waals surface area contributed by atoms with Gasteiger partial charge in [-0.1, -0.05) is 11.6 Å². The maximum absolute atomic E-state index is 11.1. The third kappa shape index (κ3) is 3.70. The van der Waals surface area contributed by atoms with Gasteiger partial charge in [0.2, 0.25) is 5.91 Å². The van der Waals surface area contributed by atoms with Crippen molar-refractivity contribution >= 4 is 37.9 Å². The van der Waals surface area contributed by atoms with E-state index in [0.29, 0.717) is 10.6 Å². The Labute approximate surface area is 123 Å². The monoisotopic (exact) mass is 411 g/mol. The van der Waals surface area contributed by atoms with Gasteiger partial charge >= 0.3 is 33.1 Å². The Bertz CT molecular complexity index is 504. The molecule has 4 nitrogen and oxygen atoms in total. The molecule has 0 bridgehead atoms. The van der Waals surface area contributed by atoms with Crippen LogP contribution in [0.25, 0.3) is 5.69 Å². The zero-order valence-corrected chi connectivity index (χ0v) is 12.3. The molecule has 1 aromatic carbocycles. The quantitative estimate of drug-likeness (QED) is 0.609. The predicted octanol–water partition coefficient (Wildman–Crippen LogP) is 2.51. The first-order chi connectivity index (χ1) is 8.18. The van der Waals surface area contributed by atoms with E-state index in [9.17, 15) is 4.79 Å². The van der Waals surface area contributed by atoms with Gasteiger partial charge in [0.25, 0.3) is 0 Å². The first-order valence-electron chi connectivity index (χ1n) is 4.37. The molecule has 0 atom stereocenters. The number of nitrogens with zero attached hydrogens (tertiary/aromatic N) is 2. The first-order valence-corrected chi connectivity index (χ1v) is 7.79. The van der Waals surface area contributed by atoms with Crippen LogP contribution < -0.4 is 5.73 Å². The van der Waals surface area contributed by atoms with Gasteiger partial charge in [0.15, 0.2) is 0 Å². The van der Waals surface area contributed by atoms with Crippen molar-refractivity contribution in [1.29, 1.82) is 0 Å². The van der Waals surface area contributed by atoms with E-state index < -0.39 is 5.91 Å². The van der Waals surface area contributed by atoms with Gasteiger partial charge in [0, 0.05) is 18.1 Å². The van der Waals surface area contributed by atoms with E-state index >= 15 is 0 Å². The normalized spacial score (nSPS) is 9.41. The molecule has 0 aliphatic heterocycles. The molecule has 0 aliphatic rings. The van der Waals surface area contributed by atoms with Gasteiger partial charge in [-0.25, -0.2) is 4.98 Å². The number of amides is 1. The van der Waals surface area contributed by atoms with Gasteiger partial charge in [0.1, 0.15) is 0 Å². The molecular formula is C10H8ClCuIN3O. The van der Waals surface area contributed by atoms with E-state index in [1.54, 1.807) is 61.8 Å². The van der Waals surface area contributed by atoms with Gasteiger partial charge in [-0.3, -0.25) is 4.79 Å². The van der Waals surface area contributed by atoms with Crippen molar-refractivity contribution in [2.24, 2.45) is 5.73 Å². The van der Waals surface area contributed by atoms with Crippen LogP contribution in [0.5, 0.6) is 0 Å². The van der Waals surface area contributed by atoms with Gasteiger partial charge < -0.3 is 10.3 Å².